The molecule has 7 heteroatoms. The normalized spacial score (nSPS) is 20.0. The molecule has 118 valence electrons. The molecule has 1 aromatic heterocycles. The molecule has 0 saturated carbocycles. The molecule has 3 rings (SSSR count). The summed E-state index contributed by atoms with van der Waals surface area (Å²) in [5.74, 6) is -0.261. The van der Waals surface area contributed by atoms with Crippen molar-refractivity contribution in [2.24, 2.45) is 10.9 Å². The van der Waals surface area contributed by atoms with Gasteiger partial charge in [-0.15, -0.1) is 0 Å². The number of nitrogens with one attached hydrogen (secondary N) is 1. The lowest BCUT2D eigenvalue weighted by atomic mass is 9.77. The standard InChI is InChI=1S/C16H15ClN4O2/c1-22-16(23-2)14-10(7-18)13(9-5-3-4-6-12(9)17)11-8-19-21-15(11)20-14/h3-6,8,10,13,16H,1-2H3,(H,19,21). The fourth-order valence-corrected chi connectivity index (χ4v) is 3.16. The first-order valence-corrected chi connectivity index (χ1v) is 7.40. The van der Waals surface area contributed by atoms with Crippen LogP contribution in [0.3, 0.4) is 0 Å². The summed E-state index contributed by atoms with van der Waals surface area (Å²) < 4.78 is 10.6. The summed E-state index contributed by atoms with van der Waals surface area (Å²) in [5.41, 5.74) is 2.18. The van der Waals surface area contributed by atoms with Crippen LogP contribution in [0.15, 0.2) is 35.5 Å². The topological polar surface area (TPSA) is 83.3 Å². The second kappa shape index (κ2) is 6.50. The number of fused-ring (bicyclic) bond motifs is 1. The van der Waals surface area contributed by atoms with E-state index in [0.717, 1.165) is 11.1 Å². The number of nitriles is 1. The van der Waals surface area contributed by atoms with Crippen molar-refractivity contribution in [1.29, 1.82) is 5.26 Å². The Morgan fingerprint density at radius 3 is 2.65 bits per heavy atom. The molecule has 2 heterocycles. The van der Waals surface area contributed by atoms with Crippen LogP contribution in [0.4, 0.5) is 5.82 Å². The minimum absolute atomic E-state index is 0.289. The highest BCUT2D eigenvalue weighted by Crippen LogP contribution is 2.43. The van der Waals surface area contributed by atoms with Crippen LogP contribution in [-0.4, -0.2) is 36.4 Å². The average molecular weight is 331 g/mol. The lowest BCUT2D eigenvalue weighted by Crippen LogP contribution is -2.36. The van der Waals surface area contributed by atoms with E-state index in [2.05, 4.69) is 21.3 Å². The molecule has 1 aromatic carbocycles. The van der Waals surface area contributed by atoms with Gasteiger partial charge in [0.25, 0.3) is 0 Å². The fraction of sp³-hybridized carbons (Fsp3) is 0.312. The maximum Gasteiger partial charge on any atom is 0.198 e. The first-order valence-electron chi connectivity index (χ1n) is 7.02. The largest absolute Gasteiger partial charge is 0.351 e. The number of H-pyrrole nitrogens is 1. The summed E-state index contributed by atoms with van der Waals surface area (Å²) in [5, 5.41) is 17.3. The molecule has 1 aliphatic heterocycles. The number of hydrogen-bond acceptors (Lipinski definition) is 5. The summed E-state index contributed by atoms with van der Waals surface area (Å²) in [6, 6.07) is 9.78. The first kappa shape index (κ1) is 15.7. The zero-order valence-electron chi connectivity index (χ0n) is 12.7. The number of halogens is 1. The van der Waals surface area contributed by atoms with Crippen molar-refractivity contribution in [2.45, 2.75) is 12.2 Å². The Balaban J connectivity index is 2.18. The number of rotatable bonds is 4. The Bertz CT molecular complexity index is 776. The zero-order chi connectivity index (χ0) is 16.4. The lowest BCUT2D eigenvalue weighted by molar-refractivity contribution is -0.0544. The molecule has 1 aliphatic rings. The molecule has 2 unspecified atom stereocenters. The van der Waals surface area contributed by atoms with Gasteiger partial charge in [-0.25, -0.2) is 4.99 Å². The number of ether oxygens (including phenoxy) is 2. The highest BCUT2D eigenvalue weighted by molar-refractivity contribution is 6.31. The Morgan fingerprint density at radius 1 is 1.26 bits per heavy atom. The fourth-order valence-electron chi connectivity index (χ4n) is 2.91. The van der Waals surface area contributed by atoms with Crippen LogP contribution < -0.4 is 0 Å². The van der Waals surface area contributed by atoms with Crippen LogP contribution in [0, 0.1) is 17.2 Å². The second-order valence-electron chi connectivity index (χ2n) is 5.12. The van der Waals surface area contributed by atoms with Gasteiger partial charge in [-0.1, -0.05) is 29.8 Å². The Labute approximate surface area is 138 Å². The van der Waals surface area contributed by atoms with Gasteiger partial charge < -0.3 is 9.47 Å². The number of aromatic amines is 1. The van der Waals surface area contributed by atoms with Gasteiger partial charge >= 0.3 is 0 Å². The van der Waals surface area contributed by atoms with E-state index in [4.69, 9.17) is 21.1 Å². The SMILES string of the molecule is COC(OC)C1=Nc2[nH]ncc2C(c2ccccc2Cl)C1C#N. The van der Waals surface area contributed by atoms with Crippen LogP contribution in [0.25, 0.3) is 0 Å². The van der Waals surface area contributed by atoms with E-state index in [1.165, 1.54) is 14.2 Å². The average Bonchev–Trinajstić information content (AvgIpc) is 3.03. The summed E-state index contributed by atoms with van der Waals surface area (Å²) in [4.78, 5) is 4.49. The third-order valence-corrected chi connectivity index (χ3v) is 4.27. The maximum absolute atomic E-state index is 9.77. The van der Waals surface area contributed by atoms with Crippen molar-refractivity contribution >= 4 is 23.1 Å². The predicted octanol–water partition coefficient (Wildman–Crippen LogP) is 3.04. The monoisotopic (exact) mass is 330 g/mol. The first-order chi connectivity index (χ1) is 11.2. The molecule has 0 saturated heterocycles. The molecule has 0 fully saturated rings. The minimum atomic E-state index is -0.707. The molecule has 0 aliphatic carbocycles. The number of methoxy groups -OCH3 is 2. The molecule has 0 radical (unpaired) electrons. The third kappa shape index (κ3) is 2.63. The zero-order valence-corrected chi connectivity index (χ0v) is 13.4. The number of aliphatic imine (C=N–C) groups is 1. The Morgan fingerprint density at radius 2 is 2.00 bits per heavy atom. The smallest absolute Gasteiger partial charge is 0.198 e. The van der Waals surface area contributed by atoms with Gasteiger partial charge in [-0.3, -0.25) is 5.10 Å². The van der Waals surface area contributed by atoms with Gasteiger partial charge in [0.05, 0.1) is 18.0 Å². The summed E-state index contributed by atoms with van der Waals surface area (Å²) in [6.45, 7) is 0. The van der Waals surface area contributed by atoms with Crippen LogP contribution in [-0.2, 0) is 9.47 Å². The summed E-state index contributed by atoms with van der Waals surface area (Å²) >= 11 is 6.37. The molecular formula is C16H15ClN4O2. The van der Waals surface area contributed by atoms with Crippen molar-refractivity contribution in [3.63, 3.8) is 0 Å². The van der Waals surface area contributed by atoms with Crippen molar-refractivity contribution in [3.8, 4) is 6.07 Å². The minimum Gasteiger partial charge on any atom is -0.351 e. The molecule has 2 aromatic rings. The lowest BCUT2D eigenvalue weighted by Gasteiger charge is -2.30. The third-order valence-electron chi connectivity index (χ3n) is 3.92. The molecule has 6 nitrogen and oxygen atoms in total. The number of aromatic nitrogens is 2. The van der Waals surface area contributed by atoms with Crippen molar-refractivity contribution in [1.82, 2.24) is 10.2 Å². The second-order valence-corrected chi connectivity index (χ2v) is 5.53. The molecule has 1 N–H and O–H groups in total. The molecule has 0 bridgehead atoms. The summed E-state index contributed by atoms with van der Waals surface area (Å²) in [6.07, 6.45) is 0.976. The van der Waals surface area contributed by atoms with Crippen LogP contribution in [0.5, 0.6) is 0 Å². The van der Waals surface area contributed by atoms with Gasteiger partial charge in [-0.2, -0.15) is 10.4 Å². The van der Waals surface area contributed by atoms with Crippen molar-refractivity contribution < 1.29 is 9.47 Å². The van der Waals surface area contributed by atoms with E-state index in [9.17, 15) is 5.26 Å². The van der Waals surface area contributed by atoms with Gasteiger partial charge in [0, 0.05) is 30.7 Å². The maximum atomic E-state index is 9.77. The van der Waals surface area contributed by atoms with E-state index in [1.807, 2.05) is 18.2 Å². The molecule has 0 amide bonds. The van der Waals surface area contributed by atoms with Gasteiger partial charge in [0.15, 0.2) is 12.1 Å². The van der Waals surface area contributed by atoms with Crippen molar-refractivity contribution in [2.75, 3.05) is 14.2 Å². The Kier molecular flexibility index (Phi) is 4.44. The highest BCUT2D eigenvalue weighted by Gasteiger charge is 2.40. The van der Waals surface area contributed by atoms with Gasteiger partial charge in [-0.05, 0) is 11.6 Å². The van der Waals surface area contributed by atoms with E-state index in [0.29, 0.717) is 16.6 Å². The number of benzene rings is 1. The number of nitrogens with zero attached hydrogens (tertiary/aromatic N) is 3. The predicted molar refractivity (Wildman–Crippen MR) is 85.9 cm³/mol. The van der Waals surface area contributed by atoms with Crippen LogP contribution in [0.1, 0.15) is 17.0 Å². The van der Waals surface area contributed by atoms with Gasteiger partial charge in [0.1, 0.15) is 5.92 Å². The number of hydrogen-bond donors (Lipinski definition) is 1. The van der Waals surface area contributed by atoms with Crippen molar-refractivity contribution in [3.05, 3.63) is 46.6 Å². The molecular weight excluding hydrogens is 316 g/mol. The molecule has 23 heavy (non-hydrogen) atoms. The molecule has 2 atom stereocenters. The van der Waals surface area contributed by atoms with E-state index in [1.54, 1.807) is 12.3 Å². The summed E-state index contributed by atoms with van der Waals surface area (Å²) in [7, 11) is 3.02. The quantitative estimate of drug-likeness (QED) is 0.873. The van der Waals surface area contributed by atoms with E-state index >= 15 is 0 Å². The Hall–Kier alpha value is -2.20. The molecule has 0 spiro atoms. The van der Waals surface area contributed by atoms with E-state index in [-0.39, 0.29) is 5.92 Å². The van der Waals surface area contributed by atoms with Crippen LogP contribution >= 0.6 is 11.6 Å². The highest BCUT2D eigenvalue weighted by atomic mass is 35.5. The van der Waals surface area contributed by atoms with E-state index < -0.39 is 12.2 Å². The van der Waals surface area contributed by atoms with Gasteiger partial charge in [0.2, 0.25) is 0 Å². The van der Waals surface area contributed by atoms with Crippen LogP contribution in [0.2, 0.25) is 5.02 Å².